The van der Waals surface area contributed by atoms with Crippen LogP contribution in [0.25, 0.3) is 0 Å². The molecule has 0 radical (unpaired) electrons. The molecule has 2 atom stereocenters. The summed E-state index contributed by atoms with van der Waals surface area (Å²) in [5, 5.41) is 0. The second kappa shape index (κ2) is 7.17. The van der Waals surface area contributed by atoms with E-state index in [1.165, 1.54) is 0 Å². The number of halogens is 1. The second-order valence-electron chi connectivity index (χ2n) is 6.69. The Morgan fingerprint density at radius 1 is 1.12 bits per heavy atom. The van der Waals surface area contributed by atoms with E-state index in [1.807, 2.05) is 23.1 Å². The van der Waals surface area contributed by atoms with Crippen molar-refractivity contribution in [2.24, 2.45) is 0 Å². The zero-order valence-corrected chi connectivity index (χ0v) is 14.2. The Morgan fingerprint density at radius 2 is 1.88 bits per heavy atom. The van der Waals surface area contributed by atoms with E-state index in [1.54, 1.807) is 4.90 Å². The van der Waals surface area contributed by atoms with Crippen LogP contribution in [0, 0.1) is 0 Å². The minimum Gasteiger partial charge on any atom is -0.486 e. The van der Waals surface area contributed by atoms with Crippen molar-refractivity contribution in [1.82, 2.24) is 9.80 Å². The molecule has 0 bridgehead atoms. The van der Waals surface area contributed by atoms with E-state index in [2.05, 4.69) is 0 Å². The molecule has 0 unspecified atom stereocenters. The first-order valence-corrected chi connectivity index (χ1v) is 8.84. The molecule has 4 rings (SSSR count). The number of likely N-dealkylation sites (tertiary alicyclic amines) is 1. The Labute approximate surface area is 146 Å². The number of ether oxygens (including phenoxy) is 3. The molecular formula is C18H23FN2O4. The van der Waals surface area contributed by atoms with Crippen LogP contribution < -0.4 is 9.47 Å². The number of hydrogen-bond acceptors (Lipinski definition) is 5. The SMILES string of the molecule is O=C([C@@H]1C[C@@H](F)CN1Cc1ccc2c(c1)OCCO2)N1CCOCC1. The molecule has 3 heterocycles. The third kappa shape index (κ3) is 3.57. The molecule has 0 N–H and O–H groups in total. The van der Waals surface area contributed by atoms with Gasteiger partial charge in [-0.2, -0.15) is 0 Å². The molecule has 7 heteroatoms. The zero-order valence-electron chi connectivity index (χ0n) is 14.2. The molecule has 3 aliphatic rings. The first kappa shape index (κ1) is 16.6. The molecule has 1 aromatic carbocycles. The molecule has 0 spiro atoms. The van der Waals surface area contributed by atoms with Crippen LogP contribution in [0.4, 0.5) is 4.39 Å². The van der Waals surface area contributed by atoms with Gasteiger partial charge >= 0.3 is 0 Å². The van der Waals surface area contributed by atoms with Crippen LogP contribution in [-0.4, -0.2) is 74.0 Å². The van der Waals surface area contributed by atoms with E-state index in [-0.39, 0.29) is 18.9 Å². The summed E-state index contributed by atoms with van der Waals surface area (Å²) < 4.78 is 30.5. The lowest BCUT2D eigenvalue weighted by atomic mass is 10.1. The van der Waals surface area contributed by atoms with Crippen LogP contribution in [0.15, 0.2) is 18.2 Å². The van der Waals surface area contributed by atoms with Crippen molar-refractivity contribution >= 4 is 5.91 Å². The number of amides is 1. The maximum absolute atomic E-state index is 14.0. The largest absolute Gasteiger partial charge is 0.486 e. The number of carbonyl (C=O) groups is 1. The van der Waals surface area contributed by atoms with Gasteiger partial charge in [-0.25, -0.2) is 4.39 Å². The smallest absolute Gasteiger partial charge is 0.240 e. The van der Waals surface area contributed by atoms with Crippen molar-refractivity contribution in [3.8, 4) is 11.5 Å². The second-order valence-corrected chi connectivity index (χ2v) is 6.69. The summed E-state index contributed by atoms with van der Waals surface area (Å²) in [5.41, 5.74) is 0.998. The fraction of sp³-hybridized carbons (Fsp3) is 0.611. The van der Waals surface area contributed by atoms with Crippen LogP contribution in [0.1, 0.15) is 12.0 Å². The van der Waals surface area contributed by atoms with E-state index < -0.39 is 12.2 Å². The van der Waals surface area contributed by atoms with Gasteiger partial charge in [-0.15, -0.1) is 0 Å². The number of nitrogens with zero attached hydrogens (tertiary/aromatic N) is 2. The number of fused-ring (bicyclic) bond motifs is 1. The van der Waals surface area contributed by atoms with Gasteiger partial charge < -0.3 is 19.1 Å². The summed E-state index contributed by atoms with van der Waals surface area (Å²) >= 11 is 0. The lowest BCUT2D eigenvalue weighted by Gasteiger charge is -2.32. The topological polar surface area (TPSA) is 51.2 Å². The lowest BCUT2D eigenvalue weighted by Crippen LogP contribution is -2.49. The average Bonchev–Trinajstić information content (AvgIpc) is 3.02. The predicted octanol–water partition coefficient (Wildman–Crippen LogP) is 1.23. The summed E-state index contributed by atoms with van der Waals surface area (Å²) in [5.74, 6) is 1.47. The first-order chi connectivity index (χ1) is 12.2. The Bertz CT molecular complexity index is 636. The Balaban J connectivity index is 1.47. The summed E-state index contributed by atoms with van der Waals surface area (Å²) in [6.45, 7) is 4.18. The highest BCUT2D eigenvalue weighted by Gasteiger charge is 2.39. The molecule has 2 fully saturated rings. The third-order valence-electron chi connectivity index (χ3n) is 4.95. The van der Waals surface area contributed by atoms with Gasteiger partial charge in [0.05, 0.1) is 19.3 Å². The number of carbonyl (C=O) groups excluding carboxylic acids is 1. The van der Waals surface area contributed by atoms with Crippen molar-refractivity contribution in [1.29, 1.82) is 0 Å². The summed E-state index contributed by atoms with van der Waals surface area (Å²) in [7, 11) is 0. The number of alkyl halides is 1. The Kier molecular flexibility index (Phi) is 4.76. The van der Waals surface area contributed by atoms with Gasteiger partial charge in [0.25, 0.3) is 0 Å². The van der Waals surface area contributed by atoms with Crippen molar-refractivity contribution in [3.05, 3.63) is 23.8 Å². The van der Waals surface area contributed by atoms with E-state index >= 15 is 0 Å². The molecule has 0 aliphatic carbocycles. The number of morpholine rings is 1. The monoisotopic (exact) mass is 350 g/mol. The summed E-state index contributed by atoms with van der Waals surface area (Å²) in [4.78, 5) is 16.5. The van der Waals surface area contributed by atoms with Crippen molar-refractivity contribution in [2.75, 3.05) is 46.1 Å². The molecule has 0 saturated carbocycles. The molecule has 1 amide bonds. The first-order valence-electron chi connectivity index (χ1n) is 8.84. The van der Waals surface area contributed by atoms with Crippen molar-refractivity contribution < 1.29 is 23.4 Å². The fourth-order valence-corrected chi connectivity index (χ4v) is 3.69. The summed E-state index contributed by atoms with van der Waals surface area (Å²) in [6.07, 6.45) is -0.701. The van der Waals surface area contributed by atoms with Gasteiger partial charge in [-0.3, -0.25) is 9.69 Å². The lowest BCUT2D eigenvalue weighted by molar-refractivity contribution is -0.140. The molecule has 25 heavy (non-hydrogen) atoms. The molecular weight excluding hydrogens is 327 g/mol. The van der Waals surface area contributed by atoms with E-state index in [9.17, 15) is 9.18 Å². The molecule has 3 aliphatic heterocycles. The van der Waals surface area contributed by atoms with E-state index in [4.69, 9.17) is 14.2 Å². The number of rotatable bonds is 3. The van der Waals surface area contributed by atoms with Crippen LogP contribution in [0.3, 0.4) is 0 Å². The standard InChI is InChI=1S/C18H23FN2O4/c19-14-10-15(18(22)20-3-5-23-6-4-20)21(12-14)11-13-1-2-16-17(9-13)25-8-7-24-16/h1-2,9,14-15H,3-8,10-12H2/t14-,15+/m1/s1. The zero-order chi connectivity index (χ0) is 17.2. The minimum atomic E-state index is -0.966. The molecule has 2 saturated heterocycles. The van der Waals surface area contributed by atoms with Crippen LogP contribution in [-0.2, 0) is 16.1 Å². The van der Waals surface area contributed by atoms with Crippen molar-refractivity contribution in [2.45, 2.75) is 25.2 Å². The van der Waals surface area contributed by atoms with Gasteiger partial charge in [-0.05, 0) is 17.7 Å². The van der Waals surface area contributed by atoms with E-state index in [0.29, 0.717) is 46.1 Å². The molecule has 6 nitrogen and oxygen atoms in total. The Hall–Kier alpha value is -1.86. The van der Waals surface area contributed by atoms with Crippen LogP contribution >= 0.6 is 0 Å². The maximum Gasteiger partial charge on any atom is 0.240 e. The number of benzene rings is 1. The Morgan fingerprint density at radius 3 is 2.68 bits per heavy atom. The molecule has 0 aromatic heterocycles. The highest BCUT2D eigenvalue weighted by Crippen LogP contribution is 2.32. The van der Waals surface area contributed by atoms with Gasteiger partial charge in [0.15, 0.2) is 11.5 Å². The summed E-state index contributed by atoms with van der Waals surface area (Å²) in [6, 6.07) is 5.36. The van der Waals surface area contributed by atoms with Gasteiger partial charge in [0.1, 0.15) is 19.4 Å². The highest BCUT2D eigenvalue weighted by molar-refractivity contribution is 5.82. The molecule has 136 valence electrons. The van der Waals surface area contributed by atoms with Gasteiger partial charge in [0, 0.05) is 32.6 Å². The fourth-order valence-electron chi connectivity index (χ4n) is 3.69. The highest BCUT2D eigenvalue weighted by atomic mass is 19.1. The molecule has 1 aromatic rings. The van der Waals surface area contributed by atoms with Crippen LogP contribution in [0.5, 0.6) is 11.5 Å². The minimum absolute atomic E-state index is 0.0148. The quantitative estimate of drug-likeness (QED) is 0.821. The van der Waals surface area contributed by atoms with Gasteiger partial charge in [-0.1, -0.05) is 6.07 Å². The van der Waals surface area contributed by atoms with Crippen molar-refractivity contribution in [3.63, 3.8) is 0 Å². The van der Waals surface area contributed by atoms with E-state index in [0.717, 1.165) is 17.1 Å². The van der Waals surface area contributed by atoms with Crippen LogP contribution in [0.2, 0.25) is 0 Å². The third-order valence-corrected chi connectivity index (χ3v) is 4.95. The number of hydrogen-bond donors (Lipinski definition) is 0. The maximum atomic E-state index is 14.0. The van der Waals surface area contributed by atoms with Gasteiger partial charge in [0.2, 0.25) is 5.91 Å². The normalized spacial score (nSPS) is 26.7. The predicted molar refractivity (Wildman–Crippen MR) is 88.5 cm³/mol. The average molecular weight is 350 g/mol.